The molecule has 3 N–H and O–H groups in total. The molecule has 8 rings (SSSR count). The summed E-state index contributed by atoms with van der Waals surface area (Å²) in [5, 5.41) is 1.01. The SMILES string of the molecule is Nn1cnc2ccc(Br)cc2c1=O.O=C(CC12CC3CC(CC(C3)C1)C2)Nn1cnc2ccc(Br)cc2c1=O. The van der Waals surface area contributed by atoms with E-state index in [9.17, 15) is 14.4 Å². The van der Waals surface area contributed by atoms with Gasteiger partial charge in [-0.25, -0.2) is 19.3 Å². The van der Waals surface area contributed by atoms with Crippen LogP contribution in [0.15, 0.2) is 67.6 Å². The van der Waals surface area contributed by atoms with E-state index in [1.54, 1.807) is 24.3 Å². The lowest BCUT2D eigenvalue weighted by Gasteiger charge is -2.56. The van der Waals surface area contributed by atoms with E-state index < -0.39 is 0 Å². The first-order valence-corrected chi connectivity index (χ1v) is 14.7. The average Bonchev–Trinajstić information content (AvgIpc) is 2.88. The van der Waals surface area contributed by atoms with Crippen LogP contribution >= 0.6 is 31.9 Å². The number of nitrogens with one attached hydrogen (secondary N) is 1. The lowest BCUT2D eigenvalue weighted by atomic mass is 9.49. The van der Waals surface area contributed by atoms with Gasteiger partial charge in [-0.2, -0.15) is 0 Å². The van der Waals surface area contributed by atoms with E-state index in [2.05, 4.69) is 47.3 Å². The molecular formula is C28H28Br2N6O3. The summed E-state index contributed by atoms with van der Waals surface area (Å²) in [4.78, 5) is 45.2. The maximum Gasteiger partial charge on any atom is 0.280 e. The standard InChI is InChI=1S/C20H22BrN3O2.C8H6BrN3O/c21-15-1-2-17-16(6-15)19(26)24(11-22-17)23-18(25)10-20-7-12-3-13(8-20)5-14(4-12)9-20;9-5-1-2-7-6(3-5)8(13)12(10)4-11-7/h1-2,6,11-14H,3-5,7-10H2,(H,23,25);1-4H,10H2. The summed E-state index contributed by atoms with van der Waals surface area (Å²) >= 11 is 6.66. The molecule has 2 aromatic heterocycles. The minimum Gasteiger partial charge on any atom is -0.335 e. The number of nitrogens with two attached hydrogens (primary N) is 1. The van der Waals surface area contributed by atoms with Gasteiger partial charge in [0.1, 0.15) is 12.7 Å². The molecule has 0 saturated heterocycles. The zero-order valence-electron chi connectivity index (χ0n) is 21.1. The average molecular weight is 656 g/mol. The zero-order valence-corrected chi connectivity index (χ0v) is 24.3. The number of amides is 1. The van der Waals surface area contributed by atoms with E-state index in [0.29, 0.717) is 28.2 Å². The number of aromatic nitrogens is 4. The van der Waals surface area contributed by atoms with Gasteiger partial charge in [-0.05, 0) is 98.1 Å². The van der Waals surface area contributed by atoms with Crippen LogP contribution in [0.5, 0.6) is 0 Å². The third-order valence-corrected chi connectivity index (χ3v) is 9.40. The summed E-state index contributed by atoms with van der Waals surface area (Å²) in [5.74, 6) is 7.75. The maximum absolute atomic E-state index is 12.7. The summed E-state index contributed by atoms with van der Waals surface area (Å²) < 4.78 is 3.86. The molecule has 0 unspecified atom stereocenters. The molecule has 39 heavy (non-hydrogen) atoms. The van der Waals surface area contributed by atoms with Crippen molar-refractivity contribution in [3.8, 4) is 0 Å². The largest absolute Gasteiger partial charge is 0.335 e. The third kappa shape index (κ3) is 5.26. The van der Waals surface area contributed by atoms with Gasteiger partial charge in [-0.3, -0.25) is 19.8 Å². The Labute approximate surface area is 241 Å². The van der Waals surface area contributed by atoms with Gasteiger partial charge >= 0.3 is 0 Å². The molecule has 0 spiro atoms. The maximum atomic E-state index is 12.7. The first kappa shape index (κ1) is 26.2. The van der Waals surface area contributed by atoms with Crippen molar-refractivity contribution in [1.82, 2.24) is 19.3 Å². The fraction of sp³-hybridized carbons (Fsp3) is 0.393. The van der Waals surface area contributed by atoms with Crippen LogP contribution in [0, 0.1) is 23.2 Å². The topological polar surface area (TPSA) is 125 Å². The Morgan fingerprint density at radius 3 is 1.95 bits per heavy atom. The van der Waals surface area contributed by atoms with Crippen molar-refractivity contribution in [2.75, 3.05) is 11.3 Å². The molecule has 2 heterocycles. The Morgan fingerprint density at radius 1 is 0.872 bits per heavy atom. The second-order valence-corrected chi connectivity index (χ2v) is 13.2. The van der Waals surface area contributed by atoms with Gasteiger partial charge in [0.25, 0.3) is 11.1 Å². The summed E-state index contributed by atoms with van der Waals surface area (Å²) in [7, 11) is 0. The zero-order chi connectivity index (χ0) is 27.3. The van der Waals surface area contributed by atoms with Crippen LogP contribution in [0.3, 0.4) is 0 Å². The second kappa shape index (κ2) is 10.2. The van der Waals surface area contributed by atoms with E-state index in [0.717, 1.165) is 31.4 Å². The van der Waals surface area contributed by atoms with E-state index in [1.165, 1.54) is 55.9 Å². The molecule has 0 atom stereocenters. The van der Waals surface area contributed by atoms with Crippen LogP contribution in [-0.2, 0) is 4.79 Å². The number of hydrogen-bond acceptors (Lipinski definition) is 6. The van der Waals surface area contributed by atoms with Crippen molar-refractivity contribution in [3.05, 3.63) is 78.7 Å². The van der Waals surface area contributed by atoms with Gasteiger partial charge < -0.3 is 5.84 Å². The van der Waals surface area contributed by atoms with Crippen LogP contribution < -0.4 is 22.4 Å². The predicted molar refractivity (Wildman–Crippen MR) is 157 cm³/mol. The molecule has 4 aliphatic carbocycles. The van der Waals surface area contributed by atoms with E-state index >= 15 is 0 Å². The number of carbonyl (C=O) groups is 1. The number of halogens is 2. The number of carbonyl (C=O) groups excluding carboxylic acids is 1. The van der Waals surface area contributed by atoms with Crippen LogP contribution in [0.1, 0.15) is 44.9 Å². The third-order valence-electron chi connectivity index (χ3n) is 8.41. The van der Waals surface area contributed by atoms with E-state index in [4.69, 9.17) is 5.84 Å². The van der Waals surface area contributed by atoms with Crippen LogP contribution in [-0.4, -0.2) is 25.2 Å². The van der Waals surface area contributed by atoms with Crippen molar-refractivity contribution in [2.45, 2.75) is 44.9 Å². The van der Waals surface area contributed by atoms with E-state index in [-0.39, 0.29) is 22.4 Å². The van der Waals surface area contributed by atoms with Gasteiger partial charge in [0.2, 0.25) is 5.91 Å². The summed E-state index contributed by atoms with van der Waals surface area (Å²) in [5.41, 5.74) is 3.74. The number of hydrogen-bond donors (Lipinski definition) is 2. The van der Waals surface area contributed by atoms with Gasteiger partial charge in [-0.1, -0.05) is 31.9 Å². The number of nitrogen functional groups attached to an aromatic ring is 1. The van der Waals surface area contributed by atoms with E-state index in [1.807, 2.05) is 12.1 Å². The van der Waals surface area contributed by atoms with Gasteiger partial charge in [0.15, 0.2) is 0 Å². The monoisotopic (exact) mass is 654 g/mol. The first-order chi connectivity index (χ1) is 18.7. The van der Waals surface area contributed by atoms with Gasteiger partial charge in [0, 0.05) is 15.4 Å². The van der Waals surface area contributed by atoms with Crippen molar-refractivity contribution in [3.63, 3.8) is 0 Å². The van der Waals surface area contributed by atoms with Crippen molar-refractivity contribution < 1.29 is 4.79 Å². The van der Waals surface area contributed by atoms with Crippen LogP contribution in [0.25, 0.3) is 21.8 Å². The molecule has 4 aliphatic rings. The highest BCUT2D eigenvalue weighted by Gasteiger charge is 2.51. The number of nitrogens with zero attached hydrogens (tertiary/aromatic N) is 4. The Morgan fingerprint density at radius 2 is 1.38 bits per heavy atom. The quantitative estimate of drug-likeness (QED) is 0.308. The highest BCUT2D eigenvalue weighted by atomic mass is 79.9. The van der Waals surface area contributed by atoms with Crippen LogP contribution in [0.4, 0.5) is 0 Å². The molecule has 202 valence electrons. The van der Waals surface area contributed by atoms with Crippen molar-refractivity contribution in [1.29, 1.82) is 0 Å². The van der Waals surface area contributed by atoms with Gasteiger partial charge in [0.05, 0.1) is 21.8 Å². The molecule has 4 saturated carbocycles. The normalized spacial score (nSPS) is 24.9. The molecule has 0 aliphatic heterocycles. The van der Waals surface area contributed by atoms with Gasteiger partial charge in [-0.15, -0.1) is 0 Å². The smallest absolute Gasteiger partial charge is 0.280 e. The van der Waals surface area contributed by atoms with Crippen molar-refractivity contribution in [2.24, 2.45) is 23.2 Å². The lowest BCUT2D eigenvalue weighted by Crippen LogP contribution is -2.48. The number of fused-ring (bicyclic) bond motifs is 2. The molecule has 0 radical (unpaired) electrons. The molecule has 2 aromatic carbocycles. The number of rotatable bonds is 3. The molecule has 4 bridgehead atoms. The Bertz CT molecular complexity index is 1680. The highest BCUT2D eigenvalue weighted by Crippen LogP contribution is 2.61. The minimum atomic E-state index is -0.244. The molecule has 9 nitrogen and oxygen atoms in total. The lowest BCUT2D eigenvalue weighted by molar-refractivity contribution is -0.125. The first-order valence-electron chi connectivity index (χ1n) is 13.1. The molecule has 4 fully saturated rings. The Hall–Kier alpha value is -3.05. The Balaban J connectivity index is 0.000000179. The summed E-state index contributed by atoms with van der Waals surface area (Å²) in [6, 6.07) is 10.7. The predicted octanol–water partition coefficient (Wildman–Crippen LogP) is 4.71. The molecule has 4 aromatic rings. The Kier molecular flexibility index (Phi) is 6.83. The van der Waals surface area contributed by atoms with Crippen LogP contribution in [0.2, 0.25) is 0 Å². The summed E-state index contributed by atoms with van der Waals surface area (Å²) in [6.45, 7) is 0. The molecular weight excluding hydrogens is 628 g/mol. The molecule has 1 amide bonds. The van der Waals surface area contributed by atoms with Crippen molar-refractivity contribution >= 4 is 59.6 Å². The minimum absolute atomic E-state index is 0.0646. The second-order valence-electron chi connectivity index (χ2n) is 11.3. The fourth-order valence-corrected chi connectivity index (χ4v) is 8.03. The number of benzene rings is 2. The molecule has 11 heteroatoms. The highest BCUT2D eigenvalue weighted by molar-refractivity contribution is 9.10. The summed E-state index contributed by atoms with van der Waals surface area (Å²) in [6.07, 6.45) is 10.9. The fourth-order valence-electron chi connectivity index (χ4n) is 7.30.